The minimum absolute atomic E-state index is 0.0285. The Morgan fingerprint density at radius 2 is 1.78 bits per heavy atom. The SMILES string of the molecule is CCO[C@H]1CN(C)C[C@@H]1NC(=O)CCC(=O)N1CCCCCC1. The first-order valence-electron chi connectivity index (χ1n) is 8.97. The molecule has 0 spiro atoms. The second kappa shape index (κ2) is 9.23. The van der Waals surface area contributed by atoms with Crippen molar-refractivity contribution < 1.29 is 14.3 Å². The van der Waals surface area contributed by atoms with E-state index in [0.29, 0.717) is 13.0 Å². The molecule has 2 aliphatic rings. The maximum absolute atomic E-state index is 12.2. The zero-order valence-corrected chi connectivity index (χ0v) is 14.6. The van der Waals surface area contributed by atoms with Crippen LogP contribution in [0.4, 0.5) is 0 Å². The van der Waals surface area contributed by atoms with Crippen molar-refractivity contribution in [2.24, 2.45) is 0 Å². The van der Waals surface area contributed by atoms with Crippen LogP contribution in [0.2, 0.25) is 0 Å². The van der Waals surface area contributed by atoms with Crippen molar-refractivity contribution in [1.29, 1.82) is 0 Å². The fourth-order valence-corrected chi connectivity index (χ4v) is 3.46. The lowest BCUT2D eigenvalue weighted by Gasteiger charge is -2.21. The molecule has 2 aliphatic heterocycles. The lowest BCUT2D eigenvalue weighted by atomic mass is 10.2. The normalized spacial score (nSPS) is 26.1. The fraction of sp³-hybridized carbons (Fsp3) is 0.882. The maximum atomic E-state index is 12.2. The average Bonchev–Trinajstić information content (AvgIpc) is 2.73. The van der Waals surface area contributed by atoms with Crippen LogP contribution in [0.25, 0.3) is 0 Å². The predicted octanol–water partition coefficient (Wildman–Crippen LogP) is 1.00. The van der Waals surface area contributed by atoms with E-state index >= 15 is 0 Å². The smallest absolute Gasteiger partial charge is 0.223 e. The Balaban J connectivity index is 1.72. The highest BCUT2D eigenvalue weighted by molar-refractivity contribution is 5.84. The summed E-state index contributed by atoms with van der Waals surface area (Å²) in [5.74, 6) is 0.0742. The Bertz CT molecular complexity index is 395. The number of nitrogens with one attached hydrogen (secondary N) is 1. The summed E-state index contributed by atoms with van der Waals surface area (Å²) in [6.45, 7) is 5.96. The highest BCUT2D eigenvalue weighted by atomic mass is 16.5. The molecule has 2 rings (SSSR count). The number of ether oxygens (including phenoxy) is 1. The van der Waals surface area contributed by atoms with Crippen molar-refractivity contribution >= 4 is 11.8 Å². The Morgan fingerprint density at radius 1 is 1.09 bits per heavy atom. The van der Waals surface area contributed by atoms with Crippen LogP contribution in [0.3, 0.4) is 0 Å². The summed E-state index contributed by atoms with van der Waals surface area (Å²) in [6, 6.07) is 0.0285. The van der Waals surface area contributed by atoms with Gasteiger partial charge in [-0.1, -0.05) is 12.8 Å². The molecule has 2 heterocycles. The van der Waals surface area contributed by atoms with E-state index in [4.69, 9.17) is 4.74 Å². The molecule has 6 heteroatoms. The molecule has 0 aromatic rings. The van der Waals surface area contributed by atoms with E-state index in [9.17, 15) is 9.59 Å². The number of hydrogen-bond acceptors (Lipinski definition) is 4. The Hall–Kier alpha value is -1.14. The molecule has 0 bridgehead atoms. The molecular formula is C17H31N3O3. The number of nitrogens with zero attached hydrogens (tertiary/aromatic N) is 2. The molecule has 2 amide bonds. The number of hydrogen-bond donors (Lipinski definition) is 1. The number of likely N-dealkylation sites (N-methyl/N-ethyl adjacent to an activating group) is 1. The predicted molar refractivity (Wildman–Crippen MR) is 89.1 cm³/mol. The second-order valence-corrected chi connectivity index (χ2v) is 6.68. The van der Waals surface area contributed by atoms with Crippen molar-refractivity contribution in [2.45, 2.75) is 57.6 Å². The topological polar surface area (TPSA) is 61.9 Å². The van der Waals surface area contributed by atoms with Gasteiger partial charge in [0, 0.05) is 45.6 Å². The molecule has 1 N–H and O–H groups in total. The standard InChI is InChI=1S/C17H31N3O3/c1-3-23-15-13-19(2)12-14(15)18-16(21)8-9-17(22)20-10-6-4-5-7-11-20/h14-15H,3-13H2,1-2H3,(H,18,21)/t14-,15-/m0/s1. The summed E-state index contributed by atoms with van der Waals surface area (Å²) in [4.78, 5) is 28.5. The number of carbonyl (C=O) groups excluding carboxylic acids is 2. The van der Waals surface area contributed by atoms with Crippen molar-refractivity contribution in [3.05, 3.63) is 0 Å². The van der Waals surface area contributed by atoms with Crippen molar-refractivity contribution in [3.63, 3.8) is 0 Å². The maximum Gasteiger partial charge on any atom is 0.223 e. The van der Waals surface area contributed by atoms with E-state index in [0.717, 1.165) is 39.0 Å². The van der Waals surface area contributed by atoms with Gasteiger partial charge in [0.15, 0.2) is 0 Å². The average molecular weight is 325 g/mol. The van der Waals surface area contributed by atoms with Gasteiger partial charge in [-0.15, -0.1) is 0 Å². The first-order chi connectivity index (χ1) is 11.1. The molecule has 132 valence electrons. The first-order valence-corrected chi connectivity index (χ1v) is 8.97. The lowest BCUT2D eigenvalue weighted by molar-refractivity contribution is -0.133. The lowest BCUT2D eigenvalue weighted by Crippen LogP contribution is -2.44. The Kier molecular flexibility index (Phi) is 7.30. The highest BCUT2D eigenvalue weighted by Gasteiger charge is 2.32. The van der Waals surface area contributed by atoms with Crippen LogP contribution in [-0.2, 0) is 14.3 Å². The van der Waals surface area contributed by atoms with Crippen LogP contribution in [0.1, 0.15) is 45.4 Å². The van der Waals surface area contributed by atoms with Gasteiger partial charge in [-0.2, -0.15) is 0 Å². The summed E-state index contributed by atoms with van der Waals surface area (Å²) in [5, 5.41) is 3.04. The van der Waals surface area contributed by atoms with Crippen molar-refractivity contribution in [2.75, 3.05) is 39.8 Å². The number of amides is 2. The van der Waals surface area contributed by atoms with E-state index < -0.39 is 0 Å². The largest absolute Gasteiger partial charge is 0.375 e. The highest BCUT2D eigenvalue weighted by Crippen LogP contribution is 2.13. The van der Waals surface area contributed by atoms with Gasteiger partial charge in [0.1, 0.15) is 0 Å². The van der Waals surface area contributed by atoms with Crippen LogP contribution in [0, 0.1) is 0 Å². The van der Waals surface area contributed by atoms with E-state index in [1.807, 2.05) is 18.9 Å². The van der Waals surface area contributed by atoms with Crippen LogP contribution in [0.5, 0.6) is 0 Å². The van der Waals surface area contributed by atoms with Gasteiger partial charge >= 0.3 is 0 Å². The molecule has 2 fully saturated rings. The van der Waals surface area contributed by atoms with E-state index in [1.54, 1.807) is 0 Å². The zero-order chi connectivity index (χ0) is 16.7. The van der Waals surface area contributed by atoms with Gasteiger partial charge in [-0.3, -0.25) is 9.59 Å². The summed E-state index contributed by atoms with van der Waals surface area (Å²) in [7, 11) is 2.03. The van der Waals surface area contributed by atoms with Gasteiger partial charge in [0.05, 0.1) is 12.1 Å². The molecule has 2 atom stereocenters. The monoisotopic (exact) mass is 325 g/mol. The minimum atomic E-state index is -0.0434. The summed E-state index contributed by atoms with van der Waals surface area (Å²) >= 11 is 0. The summed E-state index contributed by atoms with van der Waals surface area (Å²) < 4.78 is 5.69. The third-order valence-corrected chi connectivity index (χ3v) is 4.70. The van der Waals surface area contributed by atoms with Crippen LogP contribution in [0.15, 0.2) is 0 Å². The quantitative estimate of drug-likeness (QED) is 0.791. The van der Waals surface area contributed by atoms with Gasteiger partial charge < -0.3 is 19.9 Å². The number of carbonyl (C=O) groups is 2. The fourth-order valence-electron chi connectivity index (χ4n) is 3.46. The van der Waals surface area contributed by atoms with Crippen LogP contribution < -0.4 is 5.32 Å². The molecule has 0 unspecified atom stereocenters. The third-order valence-electron chi connectivity index (χ3n) is 4.70. The van der Waals surface area contributed by atoms with E-state index in [2.05, 4.69) is 10.2 Å². The van der Waals surface area contributed by atoms with E-state index in [-0.39, 0.29) is 30.4 Å². The molecule has 0 radical (unpaired) electrons. The number of rotatable bonds is 6. The van der Waals surface area contributed by atoms with E-state index in [1.165, 1.54) is 12.8 Å². The molecule has 0 saturated carbocycles. The minimum Gasteiger partial charge on any atom is -0.375 e. The summed E-state index contributed by atoms with van der Waals surface area (Å²) in [5.41, 5.74) is 0. The molecular weight excluding hydrogens is 294 g/mol. The summed E-state index contributed by atoms with van der Waals surface area (Å²) in [6.07, 6.45) is 5.22. The molecule has 0 aliphatic carbocycles. The molecule has 6 nitrogen and oxygen atoms in total. The van der Waals surface area contributed by atoms with Gasteiger partial charge in [0.2, 0.25) is 11.8 Å². The Morgan fingerprint density at radius 3 is 2.43 bits per heavy atom. The van der Waals surface area contributed by atoms with Gasteiger partial charge in [-0.05, 0) is 26.8 Å². The Labute approximate surface area is 139 Å². The molecule has 0 aromatic heterocycles. The van der Waals surface area contributed by atoms with Crippen LogP contribution in [-0.4, -0.2) is 73.6 Å². The number of likely N-dealkylation sites (tertiary alicyclic amines) is 2. The zero-order valence-electron chi connectivity index (χ0n) is 14.6. The van der Waals surface area contributed by atoms with Crippen LogP contribution >= 0.6 is 0 Å². The molecule has 23 heavy (non-hydrogen) atoms. The van der Waals surface area contributed by atoms with Crippen molar-refractivity contribution in [3.8, 4) is 0 Å². The van der Waals surface area contributed by atoms with Gasteiger partial charge in [-0.25, -0.2) is 0 Å². The molecule has 2 saturated heterocycles. The van der Waals surface area contributed by atoms with Crippen molar-refractivity contribution in [1.82, 2.24) is 15.1 Å². The van der Waals surface area contributed by atoms with Gasteiger partial charge in [0.25, 0.3) is 0 Å². The first kappa shape index (κ1) is 18.2. The third kappa shape index (κ3) is 5.77. The second-order valence-electron chi connectivity index (χ2n) is 6.68. The molecule has 0 aromatic carbocycles.